The third-order valence-electron chi connectivity index (χ3n) is 5.85. The first kappa shape index (κ1) is 20.5. The van der Waals surface area contributed by atoms with Gasteiger partial charge in [0.15, 0.2) is 0 Å². The lowest BCUT2D eigenvalue weighted by atomic mass is 9.60. The number of nitrogens with zero attached hydrogens (tertiary/aromatic N) is 2. The maximum absolute atomic E-state index is 12.3. The van der Waals surface area contributed by atoms with E-state index in [4.69, 9.17) is 9.47 Å². The minimum Gasteiger partial charge on any atom is -0.445 e. The number of piperidine rings is 1. The molecule has 0 aromatic heterocycles. The first-order chi connectivity index (χ1) is 13.2. The van der Waals surface area contributed by atoms with Gasteiger partial charge in [0, 0.05) is 26.2 Å². The molecule has 1 aliphatic heterocycles. The molecular weight excluding hydrogens is 356 g/mol. The smallest absolute Gasteiger partial charge is 0.410 e. The number of benzene rings is 1. The lowest BCUT2D eigenvalue weighted by molar-refractivity contribution is -0.0436. The van der Waals surface area contributed by atoms with E-state index in [0.717, 1.165) is 44.3 Å². The van der Waals surface area contributed by atoms with E-state index in [-0.39, 0.29) is 23.6 Å². The summed E-state index contributed by atoms with van der Waals surface area (Å²) in [7, 11) is 1.82. The van der Waals surface area contributed by atoms with Gasteiger partial charge in [0.1, 0.15) is 12.2 Å². The molecule has 0 bridgehead atoms. The van der Waals surface area contributed by atoms with E-state index in [2.05, 4.69) is 0 Å². The molecule has 0 N–H and O–H groups in total. The van der Waals surface area contributed by atoms with Gasteiger partial charge in [-0.05, 0) is 57.4 Å². The fourth-order valence-corrected chi connectivity index (χ4v) is 4.08. The van der Waals surface area contributed by atoms with E-state index >= 15 is 0 Å². The molecule has 1 heterocycles. The fraction of sp³-hybridized carbons (Fsp3) is 0.636. The van der Waals surface area contributed by atoms with Crippen LogP contribution in [0.5, 0.6) is 0 Å². The zero-order valence-electron chi connectivity index (χ0n) is 17.4. The Morgan fingerprint density at radius 2 is 1.75 bits per heavy atom. The van der Waals surface area contributed by atoms with Crippen LogP contribution in [-0.4, -0.2) is 53.8 Å². The minimum absolute atomic E-state index is 0.228. The molecule has 6 nitrogen and oxygen atoms in total. The van der Waals surface area contributed by atoms with Gasteiger partial charge < -0.3 is 19.3 Å². The number of hydrogen-bond acceptors (Lipinski definition) is 4. The first-order valence-electron chi connectivity index (χ1n) is 10.1. The molecule has 1 aromatic rings. The van der Waals surface area contributed by atoms with Gasteiger partial charge in [-0.15, -0.1) is 0 Å². The highest BCUT2D eigenvalue weighted by atomic mass is 16.6. The highest BCUT2D eigenvalue weighted by Crippen LogP contribution is 2.50. The number of carbonyl (C=O) groups is 2. The minimum atomic E-state index is -0.474. The molecule has 1 spiro atoms. The third kappa shape index (κ3) is 4.97. The molecule has 2 fully saturated rings. The molecule has 0 unspecified atom stereocenters. The number of hydrogen-bond donors (Lipinski definition) is 0. The first-order valence-corrected chi connectivity index (χ1v) is 10.1. The number of amides is 2. The van der Waals surface area contributed by atoms with Crippen molar-refractivity contribution in [2.45, 2.75) is 64.7 Å². The predicted molar refractivity (Wildman–Crippen MR) is 107 cm³/mol. The fourth-order valence-electron chi connectivity index (χ4n) is 4.08. The van der Waals surface area contributed by atoms with E-state index < -0.39 is 5.60 Å². The Hall–Kier alpha value is -2.24. The van der Waals surface area contributed by atoms with Crippen LogP contribution in [0.25, 0.3) is 0 Å². The summed E-state index contributed by atoms with van der Waals surface area (Å²) in [5.74, 6) is 0. The van der Waals surface area contributed by atoms with Crippen LogP contribution in [-0.2, 0) is 16.1 Å². The molecule has 0 atom stereocenters. The van der Waals surface area contributed by atoms with Crippen molar-refractivity contribution in [3.8, 4) is 0 Å². The van der Waals surface area contributed by atoms with E-state index in [1.54, 1.807) is 9.80 Å². The molecule has 1 saturated heterocycles. The molecule has 3 rings (SSSR count). The van der Waals surface area contributed by atoms with Crippen molar-refractivity contribution >= 4 is 12.2 Å². The van der Waals surface area contributed by atoms with Gasteiger partial charge in [0.2, 0.25) is 0 Å². The van der Waals surface area contributed by atoms with E-state index in [1.807, 2.05) is 58.2 Å². The second-order valence-electron chi connectivity index (χ2n) is 9.18. The largest absolute Gasteiger partial charge is 0.445 e. The van der Waals surface area contributed by atoms with E-state index in [1.165, 1.54) is 0 Å². The summed E-state index contributed by atoms with van der Waals surface area (Å²) in [5.41, 5.74) is 0.770. The zero-order chi connectivity index (χ0) is 20.4. The average molecular weight is 389 g/mol. The summed E-state index contributed by atoms with van der Waals surface area (Å²) in [5, 5.41) is 0. The Balaban J connectivity index is 1.41. The maximum Gasteiger partial charge on any atom is 0.410 e. The van der Waals surface area contributed by atoms with Crippen LogP contribution in [0.1, 0.15) is 52.0 Å². The molecule has 1 saturated carbocycles. The molecular formula is C22H32N2O4. The summed E-state index contributed by atoms with van der Waals surface area (Å²) in [6.07, 6.45) is 3.40. The monoisotopic (exact) mass is 388 g/mol. The lowest BCUT2D eigenvalue weighted by Crippen LogP contribution is -2.56. The lowest BCUT2D eigenvalue weighted by Gasteiger charge is -2.54. The molecule has 6 heteroatoms. The van der Waals surface area contributed by atoms with Crippen molar-refractivity contribution in [2.75, 3.05) is 20.1 Å². The number of rotatable bonds is 3. The van der Waals surface area contributed by atoms with Gasteiger partial charge in [0.25, 0.3) is 0 Å². The normalized spacial score (nSPS) is 19.1. The molecule has 154 valence electrons. The SMILES string of the molecule is CN(C(=O)OC(C)(C)C)C1CC2(CCN(C(=O)OCc3ccccc3)CC2)C1. The quantitative estimate of drug-likeness (QED) is 0.768. The van der Waals surface area contributed by atoms with Crippen molar-refractivity contribution < 1.29 is 19.1 Å². The van der Waals surface area contributed by atoms with Gasteiger partial charge in [0.05, 0.1) is 0 Å². The zero-order valence-corrected chi connectivity index (χ0v) is 17.4. The third-order valence-corrected chi connectivity index (χ3v) is 5.85. The van der Waals surface area contributed by atoms with Crippen LogP contribution in [0.2, 0.25) is 0 Å². The predicted octanol–water partition coefficient (Wildman–Crippen LogP) is 4.43. The molecule has 2 amide bonds. The molecule has 0 radical (unpaired) electrons. The Kier molecular flexibility index (Phi) is 5.87. The van der Waals surface area contributed by atoms with Crippen LogP contribution >= 0.6 is 0 Å². The summed E-state index contributed by atoms with van der Waals surface area (Å²) < 4.78 is 10.9. The summed E-state index contributed by atoms with van der Waals surface area (Å²) >= 11 is 0. The number of likely N-dealkylation sites (tertiary alicyclic amines) is 1. The average Bonchev–Trinajstić information content (AvgIpc) is 2.63. The number of carbonyl (C=O) groups excluding carboxylic acids is 2. The maximum atomic E-state index is 12.3. The number of ether oxygens (including phenoxy) is 2. The Morgan fingerprint density at radius 3 is 2.32 bits per heavy atom. The van der Waals surface area contributed by atoms with Crippen LogP contribution in [0.4, 0.5) is 9.59 Å². The van der Waals surface area contributed by atoms with Gasteiger partial charge in [-0.1, -0.05) is 30.3 Å². The van der Waals surface area contributed by atoms with E-state index in [9.17, 15) is 9.59 Å². The van der Waals surface area contributed by atoms with Crippen LogP contribution < -0.4 is 0 Å². The van der Waals surface area contributed by atoms with Gasteiger partial charge in [-0.25, -0.2) is 9.59 Å². The Labute approximate surface area is 167 Å². The van der Waals surface area contributed by atoms with Gasteiger partial charge in [-0.3, -0.25) is 0 Å². The molecule has 28 heavy (non-hydrogen) atoms. The second kappa shape index (κ2) is 8.02. The van der Waals surface area contributed by atoms with Crippen molar-refractivity contribution in [2.24, 2.45) is 5.41 Å². The van der Waals surface area contributed by atoms with Crippen molar-refractivity contribution in [3.05, 3.63) is 35.9 Å². The summed E-state index contributed by atoms with van der Waals surface area (Å²) in [4.78, 5) is 28.1. The molecule has 1 aromatic carbocycles. The molecule has 1 aliphatic carbocycles. The highest BCUT2D eigenvalue weighted by molar-refractivity contribution is 5.68. The Bertz CT molecular complexity index is 682. The van der Waals surface area contributed by atoms with Gasteiger partial charge in [-0.2, -0.15) is 0 Å². The van der Waals surface area contributed by atoms with Crippen molar-refractivity contribution in [1.82, 2.24) is 9.80 Å². The van der Waals surface area contributed by atoms with Crippen LogP contribution in [0.15, 0.2) is 30.3 Å². The summed E-state index contributed by atoms with van der Waals surface area (Å²) in [6, 6.07) is 9.96. The highest BCUT2D eigenvalue weighted by Gasteiger charge is 2.49. The van der Waals surface area contributed by atoms with Gasteiger partial charge >= 0.3 is 12.2 Å². The standard InChI is InChI=1S/C22H32N2O4/c1-21(2,3)28-19(25)23(4)18-14-22(15-18)10-12-24(13-11-22)20(26)27-16-17-8-6-5-7-9-17/h5-9,18H,10-16H2,1-4H3. The Morgan fingerprint density at radius 1 is 1.14 bits per heavy atom. The van der Waals surface area contributed by atoms with E-state index in [0.29, 0.717) is 6.61 Å². The van der Waals surface area contributed by atoms with Crippen molar-refractivity contribution in [3.63, 3.8) is 0 Å². The molecule has 2 aliphatic rings. The van der Waals surface area contributed by atoms with Crippen molar-refractivity contribution in [1.29, 1.82) is 0 Å². The second-order valence-corrected chi connectivity index (χ2v) is 9.18. The topological polar surface area (TPSA) is 59.1 Å². The van der Waals surface area contributed by atoms with Crippen LogP contribution in [0.3, 0.4) is 0 Å². The summed E-state index contributed by atoms with van der Waals surface area (Å²) in [6.45, 7) is 7.39. The van der Waals surface area contributed by atoms with Crippen LogP contribution in [0, 0.1) is 5.41 Å².